The number of aliphatic carboxylic acids is 1. The molecule has 1 N–H and O–H groups in total. The van der Waals surface area contributed by atoms with Crippen LogP contribution in [-0.4, -0.2) is 48.7 Å². The minimum absolute atomic E-state index is 0.0330. The zero-order valence-electron chi connectivity index (χ0n) is 10.6. The van der Waals surface area contributed by atoms with E-state index in [4.69, 9.17) is 9.84 Å². The molecule has 0 saturated carbocycles. The lowest BCUT2D eigenvalue weighted by Gasteiger charge is -2.20. The van der Waals surface area contributed by atoms with Crippen LogP contribution in [0.15, 0.2) is 24.3 Å². The third-order valence-electron chi connectivity index (χ3n) is 2.49. The molecular formula is C13H16FNO4. The summed E-state index contributed by atoms with van der Waals surface area (Å²) < 4.78 is 17.8. The summed E-state index contributed by atoms with van der Waals surface area (Å²) in [5.41, 5.74) is 0.512. The Hall–Kier alpha value is -1.95. The van der Waals surface area contributed by atoms with Crippen LogP contribution in [0.3, 0.4) is 0 Å². The maximum Gasteiger partial charge on any atom is 0.323 e. The van der Waals surface area contributed by atoms with E-state index in [0.717, 1.165) is 0 Å². The fourth-order valence-corrected chi connectivity index (χ4v) is 1.59. The molecule has 104 valence electrons. The van der Waals surface area contributed by atoms with Crippen molar-refractivity contribution in [2.75, 3.05) is 26.8 Å². The molecule has 6 heteroatoms. The third-order valence-corrected chi connectivity index (χ3v) is 2.49. The second-order valence-electron chi connectivity index (χ2n) is 4.01. The van der Waals surface area contributed by atoms with E-state index in [9.17, 15) is 14.0 Å². The summed E-state index contributed by atoms with van der Waals surface area (Å²) in [5, 5.41) is 8.75. The Kier molecular flexibility index (Phi) is 5.95. The highest BCUT2D eigenvalue weighted by atomic mass is 19.1. The SMILES string of the molecule is COCCN(CC(=O)O)C(=O)Cc1cccc(F)c1. The molecule has 5 nitrogen and oxygen atoms in total. The van der Waals surface area contributed by atoms with Crippen LogP contribution in [-0.2, 0) is 20.7 Å². The number of amides is 1. The smallest absolute Gasteiger partial charge is 0.323 e. The normalized spacial score (nSPS) is 10.2. The van der Waals surface area contributed by atoms with Crippen LogP contribution >= 0.6 is 0 Å². The van der Waals surface area contributed by atoms with E-state index in [0.29, 0.717) is 5.56 Å². The quantitative estimate of drug-likeness (QED) is 0.799. The van der Waals surface area contributed by atoms with Crippen molar-refractivity contribution in [1.29, 1.82) is 0 Å². The topological polar surface area (TPSA) is 66.8 Å². The van der Waals surface area contributed by atoms with Crippen molar-refractivity contribution in [3.05, 3.63) is 35.6 Å². The largest absolute Gasteiger partial charge is 0.480 e. The zero-order chi connectivity index (χ0) is 14.3. The predicted octanol–water partition coefficient (Wildman–Crippen LogP) is 0.928. The Morgan fingerprint density at radius 1 is 1.42 bits per heavy atom. The lowest BCUT2D eigenvalue weighted by molar-refractivity contribution is -0.144. The zero-order valence-corrected chi connectivity index (χ0v) is 10.6. The van der Waals surface area contributed by atoms with Crippen LogP contribution in [0.5, 0.6) is 0 Å². The molecule has 0 aliphatic rings. The molecule has 19 heavy (non-hydrogen) atoms. The molecule has 0 radical (unpaired) electrons. The number of nitrogens with zero attached hydrogens (tertiary/aromatic N) is 1. The summed E-state index contributed by atoms with van der Waals surface area (Å²) >= 11 is 0. The number of carboxylic acids is 1. The number of carbonyl (C=O) groups excluding carboxylic acids is 1. The average Bonchev–Trinajstić information content (AvgIpc) is 2.34. The standard InChI is InChI=1S/C13H16FNO4/c1-19-6-5-15(9-13(17)18)12(16)8-10-3-2-4-11(14)7-10/h2-4,7H,5-6,8-9H2,1H3,(H,17,18). The van der Waals surface area contributed by atoms with Gasteiger partial charge in [-0.25, -0.2) is 4.39 Å². The number of carbonyl (C=O) groups is 2. The summed E-state index contributed by atoms with van der Waals surface area (Å²) in [6, 6.07) is 5.67. The van der Waals surface area contributed by atoms with Crippen LogP contribution in [0, 0.1) is 5.82 Å². The lowest BCUT2D eigenvalue weighted by Crippen LogP contribution is -2.38. The van der Waals surface area contributed by atoms with E-state index in [1.165, 1.54) is 30.2 Å². The van der Waals surface area contributed by atoms with Gasteiger partial charge in [0, 0.05) is 13.7 Å². The van der Waals surface area contributed by atoms with Crippen LogP contribution in [0.2, 0.25) is 0 Å². The highest BCUT2D eigenvalue weighted by Gasteiger charge is 2.16. The minimum Gasteiger partial charge on any atom is -0.480 e. The minimum atomic E-state index is -1.09. The monoisotopic (exact) mass is 269 g/mol. The second-order valence-corrected chi connectivity index (χ2v) is 4.01. The molecule has 1 amide bonds. The number of hydrogen-bond acceptors (Lipinski definition) is 3. The Morgan fingerprint density at radius 2 is 2.16 bits per heavy atom. The maximum atomic E-state index is 13.0. The van der Waals surface area contributed by atoms with Gasteiger partial charge in [0.15, 0.2) is 0 Å². The van der Waals surface area contributed by atoms with Gasteiger partial charge < -0.3 is 14.7 Å². The molecule has 0 atom stereocenters. The Bertz CT molecular complexity index is 450. The first-order valence-corrected chi connectivity index (χ1v) is 5.76. The van der Waals surface area contributed by atoms with Gasteiger partial charge in [-0.05, 0) is 17.7 Å². The number of methoxy groups -OCH3 is 1. The molecule has 0 heterocycles. The Labute approximate surface area is 110 Å². The first-order valence-electron chi connectivity index (χ1n) is 5.76. The summed E-state index contributed by atoms with van der Waals surface area (Å²) in [4.78, 5) is 23.8. The fourth-order valence-electron chi connectivity index (χ4n) is 1.59. The average molecular weight is 269 g/mol. The molecular weight excluding hydrogens is 253 g/mol. The van der Waals surface area contributed by atoms with Crippen LogP contribution < -0.4 is 0 Å². The molecule has 0 bridgehead atoms. The molecule has 1 aromatic rings. The van der Waals surface area contributed by atoms with E-state index in [1.807, 2.05) is 0 Å². The van der Waals surface area contributed by atoms with E-state index < -0.39 is 18.3 Å². The van der Waals surface area contributed by atoms with Crippen molar-refractivity contribution in [2.24, 2.45) is 0 Å². The summed E-state index contributed by atoms with van der Waals surface area (Å²) in [6.45, 7) is 0.0522. The van der Waals surface area contributed by atoms with Gasteiger partial charge in [-0.15, -0.1) is 0 Å². The molecule has 0 fully saturated rings. The number of halogens is 1. The fraction of sp³-hybridized carbons (Fsp3) is 0.385. The van der Waals surface area contributed by atoms with Crippen molar-refractivity contribution < 1.29 is 23.8 Å². The van der Waals surface area contributed by atoms with Crippen LogP contribution in [0.4, 0.5) is 4.39 Å². The number of rotatable bonds is 7. The third kappa shape index (κ3) is 5.48. The summed E-state index contributed by atoms with van der Waals surface area (Å²) in [5.74, 6) is -1.89. The number of ether oxygens (including phenoxy) is 1. The molecule has 0 aliphatic carbocycles. The first-order chi connectivity index (χ1) is 9.02. The Balaban J connectivity index is 2.67. The van der Waals surface area contributed by atoms with Crippen molar-refractivity contribution in [3.8, 4) is 0 Å². The molecule has 1 rings (SSSR count). The van der Waals surface area contributed by atoms with Crippen molar-refractivity contribution in [3.63, 3.8) is 0 Å². The lowest BCUT2D eigenvalue weighted by atomic mass is 10.1. The van der Waals surface area contributed by atoms with Gasteiger partial charge >= 0.3 is 5.97 Å². The maximum absolute atomic E-state index is 13.0. The van der Waals surface area contributed by atoms with Crippen molar-refractivity contribution in [1.82, 2.24) is 4.90 Å². The van der Waals surface area contributed by atoms with Gasteiger partial charge in [-0.3, -0.25) is 9.59 Å². The highest BCUT2D eigenvalue weighted by Crippen LogP contribution is 2.06. The molecule has 0 spiro atoms. The van der Waals surface area contributed by atoms with Gasteiger partial charge in [-0.1, -0.05) is 12.1 Å². The number of hydrogen-bond donors (Lipinski definition) is 1. The summed E-state index contributed by atoms with van der Waals surface area (Å²) in [7, 11) is 1.47. The molecule has 0 aliphatic heterocycles. The number of carboxylic acid groups (broad SMARTS) is 1. The molecule has 0 aromatic heterocycles. The highest BCUT2D eigenvalue weighted by molar-refractivity contribution is 5.83. The van der Waals surface area contributed by atoms with Gasteiger partial charge in [0.25, 0.3) is 0 Å². The molecule has 0 saturated heterocycles. The van der Waals surface area contributed by atoms with E-state index >= 15 is 0 Å². The van der Waals surface area contributed by atoms with E-state index in [1.54, 1.807) is 6.07 Å². The molecule has 0 unspecified atom stereocenters. The number of benzene rings is 1. The predicted molar refractivity (Wildman–Crippen MR) is 66.2 cm³/mol. The van der Waals surface area contributed by atoms with Crippen LogP contribution in [0.25, 0.3) is 0 Å². The summed E-state index contributed by atoms with van der Waals surface area (Å²) in [6.07, 6.45) is -0.0330. The van der Waals surface area contributed by atoms with Crippen molar-refractivity contribution >= 4 is 11.9 Å². The van der Waals surface area contributed by atoms with E-state index in [2.05, 4.69) is 0 Å². The van der Waals surface area contributed by atoms with Crippen LogP contribution in [0.1, 0.15) is 5.56 Å². The van der Waals surface area contributed by atoms with Gasteiger partial charge in [0.1, 0.15) is 12.4 Å². The van der Waals surface area contributed by atoms with E-state index in [-0.39, 0.29) is 25.5 Å². The van der Waals surface area contributed by atoms with Gasteiger partial charge in [-0.2, -0.15) is 0 Å². The van der Waals surface area contributed by atoms with Crippen molar-refractivity contribution in [2.45, 2.75) is 6.42 Å². The molecule has 1 aromatic carbocycles. The van der Waals surface area contributed by atoms with Gasteiger partial charge in [0.05, 0.1) is 13.0 Å². The first kappa shape index (κ1) is 15.1. The Morgan fingerprint density at radius 3 is 2.74 bits per heavy atom. The second kappa shape index (κ2) is 7.48. The van der Waals surface area contributed by atoms with Gasteiger partial charge in [0.2, 0.25) is 5.91 Å².